The molecule has 0 aromatic heterocycles. The Morgan fingerprint density at radius 1 is 0.852 bits per heavy atom. The van der Waals surface area contributed by atoms with Crippen LogP contribution in [0.4, 0.5) is 8.78 Å². The molecule has 3 aromatic carbocycles. The molecule has 0 saturated carbocycles. The van der Waals surface area contributed by atoms with E-state index < -0.39 is 5.60 Å². The lowest BCUT2D eigenvalue weighted by molar-refractivity contribution is 0.0795. The first kappa shape index (κ1) is 21.3. The summed E-state index contributed by atoms with van der Waals surface area (Å²) >= 11 is 5.99. The highest BCUT2D eigenvalue weighted by molar-refractivity contribution is 6.30. The molecule has 0 bridgehead atoms. The fraction of sp³-hybridized carbons (Fsp3) is 0.143. The Bertz CT molecular complexity index is 825. The van der Waals surface area contributed by atoms with Crippen molar-refractivity contribution in [1.82, 2.24) is 5.32 Å². The minimum atomic E-state index is -1.43. The third-order valence-electron chi connectivity index (χ3n) is 4.24. The Labute approximate surface area is 168 Å². The molecule has 0 aliphatic heterocycles. The molecular weight excluding hydrogens is 391 g/mol. The molecule has 2 N–H and O–H groups in total. The van der Waals surface area contributed by atoms with E-state index in [1.807, 2.05) is 18.2 Å². The standard InChI is InChI=1S/C21H18ClF2NO.ClH/c22-18-3-1-2-15(12-18)13-25-14-21(26,16-4-8-19(23)9-5-16)17-6-10-20(24)11-7-17;/h1-12,25-26H,13-14H2;1H. The van der Waals surface area contributed by atoms with Crippen molar-refractivity contribution in [2.45, 2.75) is 12.1 Å². The SMILES string of the molecule is Cl.OC(CNCc1cccc(Cl)c1)(c1ccc(F)cc1)c1ccc(F)cc1. The Morgan fingerprint density at radius 2 is 1.37 bits per heavy atom. The van der Waals surface area contributed by atoms with Crippen molar-refractivity contribution in [2.75, 3.05) is 6.54 Å². The third-order valence-corrected chi connectivity index (χ3v) is 4.48. The van der Waals surface area contributed by atoms with Gasteiger partial charge in [0.2, 0.25) is 0 Å². The molecule has 2 nitrogen and oxygen atoms in total. The molecule has 27 heavy (non-hydrogen) atoms. The molecule has 0 heterocycles. The van der Waals surface area contributed by atoms with Gasteiger partial charge in [-0.25, -0.2) is 8.78 Å². The maximum Gasteiger partial charge on any atom is 0.127 e. The Balaban J connectivity index is 0.00000261. The lowest BCUT2D eigenvalue weighted by Crippen LogP contribution is -2.39. The smallest absolute Gasteiger partial charge is 0.127 e. The van der Waals surface area contributed by atoms with Crippen molar-refractivity contribution in [3.05, 3.63) is 106 Å². The molecule has 0 amide bonds. The van der Waals surface area contributed by atoms with Crippen LogP contribution in [-0.2, 0) is 12.1 Å². The number of halogens is 4. The molecule has 6 heteroatoms. The van der Waals surface area contributed by atoms with Gasteiger partial charge < -0.3 is 10.4 Å². The van der Waals surface area contributed by atoms with Crippen LogP contribution in [0.5, 0.6) is 0 Å². The van der Waals surface area contributed by atoms with E-state index in [9.17, 15) is 13.9 Å². The average Bonchev–Trinajstić information content (AvgIpc) is 2.63. The molecule has 0 fully saturated rings. The van der Waals surface area contributed by atoms with E-state index in [1.54, 1.807) is 6.07 Å². The molecule has 3 aromatic rings. The van der Waals surface area contributed by atoms with Gasteiger partial charge >= 0.3 is 0 Å². The average molecular weight is 410 g/mol. The number of aliphatic hydroxyl groups is 1. The first-order valence-electron chi connectivity index (χ1n) is 8.17. The summed E-state index contributed by atoms with van der Waals surface area (Å²) in [7, 11) is 0. The molecule has 0 atom stereocenters. The molecule has 0 saturated heterocycles. The van der Waals surface area contributed by atoms with Crippen LogP contribution in [0, 0.1) is 11.6 Å². The molecule has 0 aliphatic carbocycles. The third kappa shape index (κ3) is 5.27. The highest BCUT2D eigenvalue weighted by atomic mass is 35.5. The first-order chi connectivity index (χ1) is 12.5. The normalized spacial score (nSPS) is 11.1. The van der Waals surface area contributed by atoms with Crippen molar-refractivity contribution >= 4 is 24.0 Å². The van der Waals surface area contributed by atoms with Gasteiger partial charge in [-0.15, -0.1) is 12.4 Å². The maximum absolute atomic E-state index is 13.3. The fourth-order valence-corrected chi connectivity index (χ4v) is 3.07. The molecule has 0 radical (unpaired) electrons. The Hall–Kier alpha value is -1.98. The van der Waals surface area contributed by atoms with Crippen LogP contribution in [0.2, 0.25) is 5.02 Å². The van der Waals surface area contributed by atoms with Gasteiger partial charge in [0, 0.05) is 18.1 Å². The number of nitrogens with one attached hydrogen (secondary N) is 1. The summed E-state index contributed by atoms with van der Waals surface area (Å²) < 4.78 is 26.6. The van der Waals surface area contributed by atoms with Crippen LogP contribution in [0.1, 0.15) is 16.7 Å². The van der Waals surface area contributed by atoms with Gasteiger partial charge in [0.25, 0.3) is 0 Å². The summed E-state index contributed by atoms with van der Waals surface area (Å²) in [5.41, 5.74) is 0.575. The van der Waals surface area contributed by atoms with Crippen LogP contribution >= 0.6 is 24.0 Å². The van der Waals surface area contributed by atoms with Gasteiger partial charge in [-0.2, -0.15) is 0 Å². The van der Waals surface area contributed by atoms with Crippen molar-refractivity contribution in [1.29, 1.82) is 0 Å². The largest absolute Gasteiger partial charge is 0.379 e. The van der Waals surface area contributed by atoms with Crippen LogP contribution in [0.25, 0.3) is 0 Å². The lowest BCUT2D eigenvalue weighted by Gasteiger charge is -2.30. The number of hydrogen-bond acceptors (Lipinski definition) is 2. The molecule has 142 valence electrons. The van der Waals surface area contributed by atoms with E-state index in [0.717, 1.165) is 5.56 Å². The Morgan fingerprint density at radius 3 is 1.85 bits per heavy atom. The zero-order valence-corrected chi connectivity index (χ0v) is 15.9. The van der Waals surface area contributed by atoms with E-state index in [0.29, 0.717) is 22.7 Å². The van der Waals surface area contributed by atoms with Crippen LogP contribution in [-0.4, -0.2) is 11.7 Å². The van der Waals surface area contributed by atoms with E-state index in [1.165, 1.54) is 48.5 Å². The zero-order chi connectivity index (χ0) is 18.6. The van der Waals surface area contributed by atoms with Gasteiger partial charge in [-0.1, -0.05) is 48.0 Å². The highest BCUT2D eigenvalue weighted by Crippen LogP contribution is 2.29. The minimum absolute atomic E-state index is 0. The summed E-state index contributed by atoms with van der Waals surface area (Å²) in [5.74, 6) is -0.774. The molecule has 0 spiro atoms. The van der Waals surface area contributed by atoms with Crippen molar-refractivity contribution in [2.24, 2.45) is 0 Å². The van der Waals surface area contributed by atoms with Crippen LogP contribution in [0.15, 0.2) is 72.8 Å². The summed E-state index contributed by atoms with van der Waals surface area (Å²) in [6.45, 7) is 0.655. The van der Waals surface area contributed by atoms with E-state index in [-0.39, 0.29) is 30.6 Å². The second-order valence-electron chi connectivity index (χ2n) is 6.11. The lowest BCUT2D eigenvalue weighted by atomic mass is 9.86. The van der Waals surface area contributed by atoms with E-state index in [4.69, 9.17) is 11.6 Å². The summed E-state index contributed by atoms with van der Waals surface area (Å²) in [6.07, 6.45) is 0. The van der Waals surface area contributed by atoms with Gasteiger partial charge in [0.15, 0.2) is 0 Å². The quantitative estimate of drug-likeness (QED) is 0.595. The van der Waals surface area contributed by atoms with Crippen molar-refractivity contribution < 1.29 is 13.9 Å². The predicted octanol–water partition coefficient (Wildman–Crippen LogP) is 5.07. The van der Waals surface area contributed by atoms with Crippen molar-refractivity contribution in [3.8, 4) is 0 Å². The fourth-order valence-electron chi connectivity index (χ4n) is 2.86. The second kappa shape index (κ2) is 9.29. The van der Waals surface area contributed by atoms with Crippen LogP contribution < -0.4 is 5.32 Å². The molecule has 0 aliphatic rings. The maximum atomic E-state index is 13.3. The molecule has 3 rings (SSSR count). The second-order valence-corrected chi connectivity index (χ2v) is 6.54. The van der Waals surface area contributed by atoms with E-state index >= 15 is 0 Å². The van der Waals surface area contributed by atoms with Crippen LogP contribution in [0.3, 0.4) is 0 Å². The number of hydrogen-bond donors (Lipinski definition) is 2. The minimum Gasteiger partial charge on any atom is -0.379 e. The van der Waals surface area contributed by atoms with Gasteiger partial charge in [-0.3, -0.25) is 0 Å². The predicted molar refractivity (Wildman–Crippen MR) is 106 cm³/mol. The monoisotopic (exact) mass is 409 g/mol. The topological polar surface area (TPSA) is 32.3 Å². The summed E-state index contributed by atoms with van der Waals surface area (Å²) in [4.78, 5) is 0. The van der Waals surface area contributed by atoms with Gasteiger partial charge in [0.1, 0.15) is 17.2 Å². The highest BCUT2D eigenvalue weighted by Gasteiger charge is 2.31. The van der Waals surface area contributed by atoms with Gasteiger partial charge in [-0.05, 0) is 53.1 Å². The Kier molecular flexibility index (Phi) is 7.33. The number of rotatable bonds is 6. The van der Waals surface area contributed by atoms with E-state index in [2.05, 4.69) is 5.32 Å². The molecule has 0 unspecified atom stereocenters. The summed E-state index contributed by atoms with van der Waals surface area (Å²) in [5, 5.41) is 15.2. The number of benzene rings is 3. The molecular formula is C21H19Cl2F2NO. The zero-order valence-electron chi connectivity index (χ0n) is 14.3. The first-order valence-corrected chi connectivity index (χ1v) is 8.55. The van der Waals surface area contributed by atoms with Gasteiger partial charge in [0.05, 0.1) is 0 Å². The van der Waals surface area contributed by atoms with Crippen molar-refractivity contribution in [3.63, 3.8) is 0 Å². The summed E-state index contributed by atoms with van der Waals surface area (Å²) in [6, 6.07) is 18.7.